The number of hydrogen-bond acceptors (Lipinski definition) is 4. The van der Waals surface area contributed by atoms with Gasteiger partial charge in [0, 0.05) is 16.3 Å². The number of aryl methyl sites for hydroxylation is 1. The third-order valence-electron chi connectivity index (χ3n) is 3.29. The number of halogens is 1. The molecule has 21 heavy (non-hydrogen) atoms. The van der Waals surface area contributed by atoms with Crippen molar-refractivity contribution in [2.24, 2.45) is 0 Å². The Kier molecular flexibility index (Phi) is 3.58. The van der Waals surface area contributed by atoms with Gasteiger partial charge in [-0.15, -0.1) is 5.10 Å². The van der Waals surface area contributed by atoms with Crippen molar-refractivity contribution in [3.8, 4) is 17.1 Å². The van der Waals surface area contributed by atoms with Gasteiger partial charge in [0.25, 0.3) is 0 Å². The fourth-order valence-corrected chi connectivity index (χ4v) is 2.33. The molecular formula is C15H14ClN5. The van der Waals surface area contributed by atoms with E-state index in [1.54, 1.807) is 22.9 Å². The van der Waals surface area contributed by atoms with Crippen LogP contribution in [0.3, 0.4) is 0 Å². The average molecular weight is 300 g/mol. The standard InChI is InChI=1S/C15H14ClN5/c1-2-10-4-3-5-12(8-10)21-15(18-19-20-21)13-9-11(16)6-7-14(13)17/h3-9H,2,17H2,1H3. The highest BCUT2D eigenvalue weighted by Gasteiger charge is 2.14. The number of rotatable bonds is 3. The predicted molar refractivity (Wildman–Crippen MR) is 83.4 cm³/mol. The van der Waals surface area contributed by atoms with Crippen LogP contribution < -0.4 is 5.73 Å². The summed E-state index contributed by atoms with van der Waals surface area (Å²) in [5.41, 5.74) is 9.43. The van der Waals surface area contributed by atoms with E-state index >= 15 is 0 Å². The number of nitrogen functional groups attached to an aromatic ring is 1. The third-order valence-corrected chi connectivity index (χ3v) is 3.52. The number of nitrogens with two attached hydrogens (primary N) is 1. The molecule has 0 amide bonds. The second-order valence-corrected chi connectivity index (χ2v) is 5.11. The molecule has 2 N–H and O–H groups in total. The van der Waals surface area contributed by atoms with E-state index in [1.165, 1.54) is 5.56 Å². The van der Waals surface area contributed by atoms with E-state index < -0.39 is 0 Å². The molecule has 6 heteroatoms. The molecule has 3 aromatic rings. The fourth-order valence-electron chi connectivity index (χ4n) is 2.16. The van der Waals surface area contributed by atoms with Gasteiger partial charge < -0.3 is 5.73 Å². The lowest BCUT2D eigenvalue weighted by molar-refractivity contribution is 0.790. The van der Waals surface area contributed by atoms with E-state index in [0.29, 0.717) is 16.5 Å². The topological polar surface area (TPSA) is 69.6 Å². The van der Waals surface area contributed by atoms with Crippen molar-refractivity contribution in [2.45, 2.75) is 13.3 Å². The van der Waals surface area contributed by atoms with Crippen LogP contribution in [0.2, 0.25) is 5.02 Å². The minimum Gasteiger partial charge on any atom is -0.398 e. The minimum absolute atomic E-state index is 0.572. The van der Waals surface area contributed by atoms with Crippen molar-refractivity contribution in [2.75, 3.05) is 5.73 Å². The Morgan fingerprint density at radius 1 is 1.19 bits per heavy atom. The first-order valence-corrected chi connectivity index (χ1v) is 7.00. The summed E-state index contributed by atoms with van der Waals surface area (Å²) < 4.78 is 1.67. The van der Waals surface area contributed by atoms with Gasteiger partial charge in [0.2, 0.25) is 0 Å². The summed E-state index contributed by atoms with van der Waals surface area (Å²) in [6, 6.07) is 13.3. The largest absolute Gasteiger partial charge is 0.398 e. The van der Waals surface area contributed by atoms with E-state index in [9.17, 15) is 0 Å². The maximum atomic E-state index is 6.05. The Morgan fingerprint density at radius 2 is 2.05 bits per heavy atom. The number of hydrogen-bond donors (Lipinski definition) is 1. The van der Waals surface area contributed by atoms with Gasteiger partial charge in [-0.3, -0.25) is 0 Å². The molecule has 1 aromatic heterocycles. The van der Waals surface area contributed by atoms with Gasteiger partial charge in [-0.05, 0) is 52.7 Å². The summed E-state index contributed by atoms with van der Waals surface area (Å²) in [6.07, 6.45) is 0.949. The molecule has 106 valence electrons. The molecule has 0 saturated heterocycles. The van der Waals surface area contributed by atoms with Crippen molar-refractivity contribution < 1.29 is 0 Å². The maximum absolute atomic E-state index is 6.05. The van der Waals surface area contributed by atoms with Crippen LogP contribution in [0.15, 0.2) is 42.5 Å². The Hall–Kier alpha value is -2.40. The number of anilines is 1. The highest BCUT2D eigenvalue weighted by Crippen LogP contribution is 2.28. The average Bonchev–Trinajstić information content (AvgIpc) is 2.99. The Labute approximate surface area is 127 Å². The quantitative estimate of drug-likeness (QED) is 0.754. The summed E-state index contributed by atoms with van der Waals surface area (Å²) >= 11 is 6.05. The predicted octanol–water partition coefficient (Wildman–Crippen LogP) is 3.13. The van der Waals surface area contributed by atoms with Crippen LogP contribution in [0, 0.1) is 0 Å². The van der Waals surface area contributed by atoms with Crippen LogP contribution in [0.4, 0.5) is 5.69 Å². The van der Waals surface area contributed by atoms with Crippen LogP contribution in [0.1, 0.15) is 12.5 Å². The molecule has 5 nitrogen and oxygen atoms in total. The lowest BCUT2D eigenvalue weighted by Gasteiger charge is -2.08. The van der Waals surface area contributed by atoms with E-state index in [0.717, 1.165) is 17.7 Å². The van der Waals surface area contributed by atoms with Gasteiger partial charge in [0.05, 0.1) is 5.69 Å². The van der Waals surface area contributed by atoms with Gasteiger partial charge in [0.15, 0.2) is 5.82 Å². The summed E-state index contributed by atoms with van der Waals surface area (Å²) in [7, 11) is 0. The van der Waals surface area contributed by atoms with Crippen molar-refractivity contribution in [3.63, 3.8) is 0 Å². The molecular weight excluding hydrogens is 286 g/mol. The number of nitrogens with zero attached hydrogens (tertiary/aromatic N) is 4. The van der Waals surface area contributed by atoms with Crippen molar-refractivity contribution >= 4 is 17.3 Å². The summed E-state index contributed by atoms with van der Waals surface area (Å²) in [5, 5.41) is 12.5. The van der Waals surface area contributed by atoms with Gasteiger partial charge >= 0.3 is 0 Å². The molecule has 0 atom stereocenters. The summed E-state index contributed by atoms with van der Waals surface area (Å²) in [6.45, 7) is 2.11. The molecule has 0 aliphatic carbocycles. The van der Waals surface area contributed by atoms with Crippen LogP contribution >= 0.6 is 11.6 Å². The van der Waals surface area contributed by atoms with Gasteiger partial charge in [-0.1, -0.05) is 30.7 Å². The van der Waals surface area contributed by atoms with E-state index in [1.807, 2.05) is 12.1 Å². The smallest absolute Gasteiger partial charge is 0.189 e. The Bertz CT molecular complexity index is 781. The van der Waals surface area contributed by atoms with Crippen LogP contribution in [-0.2, 0) is 6.42 Å². The SMILES string of the molecule is CCc1cccc(-n2nnnc2-c2cc(Cl)ccc2N)c1. The molecule has 0 bridgehead atoms. The molecule has 0 unspecified atom stereocenters. The summed E-state index contributed by atoms with van der Waals surface area (Å²) in [4.78, 5) is 0. The molecule has 3 rings (SSSR count). The maximum Gasteiger partial charge on any atom is 0.189 e. The molecule has 0 radical (unpaired) electrons. The van der Waals surface area contributed by atoms with E-state index in [4.69, 9.17) is 17.3 Å². The van der Waals surface area contributed by atoms with Gasteiger partial charge in [0.1, 0.15) is 0 Å². The highest BCUT2D eigenvalue weighted by atomic mass is 35.5. The fraction of sp³-hybridized carbons (Fsp3) is 0.133. The van der Waals surface area contributed by atoms with E-state index in [-0.39, 0.29) is 0 Å². The van der Waals surface area contributed by atoms with Crippen LogP contribution in [-0.4, -0.2) is 20.2 Å². The summed E-state index contributed by atoms with van der Waals surface area (Å²) in [5.74, 6) is 0.572. The lowest BCUT2D eigenvalue weighted by Crippen LogP contribution is -2.02. The van der Waals surface area contributed by atoms with Gasteiger partial charge in [-0.25, -0.2) is 0 Å². The van der Waals surface area contributed by atoms with Gasteiger partial charge in [-0.2, -0.15) is 4.68 Å². The van der Waals surface area contributed by atoms with Crippen molar-refractivity contribution in [1.82, 2.24) is 20.2 Å². The third kappa shape index (κ3) is 2.60. The zero-order chi connectivity index (χ0) is 14.8. The molecule has 0 aliphatic heterocycles. The number of aromatic nitrogens is 4. The molecule has 0 aliphatic rings. The first-order chi connectivity index (χ1) is 10.2. The Balaban J connectivity index is 2.14. The van der Waals surface area contributed by atoms with E-state index in [2.05, 4.69) is 34.6 Å². The zero-order valence-corrected chi connectivity index (χ0v) is 12.2. The molecule has 0 spiro atoms. The van der Waals surface area contributed by atoms with Crippen molar-refractivity contribution in [1.29, 1.82) is 0 Å². The molecule has 1 heterocycles. The monoisotopic (exact) mass is 299 g/mol. The molecule has 0 fully saturated rings. The van der Waals surface area contributed by atoms with Crippen molar-refractivity contribution in [3.05, 3.63) is 53.1 Å². The molecule has 0 saturated carbocycles. The second kappa shape index (κ2) is 5.54. The number of benzene rings is 2. The highest BCUT2D eigenvalue weighted by molar-refractivity contribution is 6.31. The second-order valence-electron chi connectivity index (χ2n) is 4.67. The molecule has 2 aromatic carbocycles. The first kappa shape index (κ1) is 13.6. The van der Waals surface area contributed by atoms with Crippen LogP contribution in [0.25, 0.3) is 17.1 Å². The minimum atomic E-state index is 0.572. The zero-order valence-electron chi connectivity index (χ0n) is 11.5. The normalized spacial score (nSPS) is 10.8. The Morgan fingerprint density at radius 3 is 2.86 bits per heavy atom. The first-order valence-electron chi connectivity index (χ1n) is 6.62. The lowest BCUT2D eigenvalue weighted by atomic mass is 10.1. The number of tetrazole rings is 1. The van der Waals surface area contributed by atoms with Crippen LogP contribution in [0.5, 0.6) is 0 Å².